The molecular formula is C10H11AsN4OSe. The number of nitrogens with two attached hydrogens (primary N) is 1. The third kappa shape index (κ3) is 2.65. The summed E-state index contributed by atoms with van der Waals surface area (Å²) in [5.41, 5.74) is 10.2. The number of nitrogens with zero attached hydrogens (tertiary/aromatic N) is 3. The van der Waals surface area contributed by atoms with Crippen LogP contribution in [0.25, 0.3) is 9.78 Å². The van der Waals surface area contributed by atoms with E-state index in [2.05, 4.69) is 25.6 Å². The maximum atomic E-state index is 11.4. The van der Waals surface area contributed by atoms with E-state index >= 15 is 0 Å². The van der Waals surface area contributed by atoms with Crippen molar-refractivity contribution in [2.45, 2.75) is 11.4 Å². The van der Waals surface area contributed by atoms with E-state index in [9.17, 15) is 4.79 Å². The Kier molecular flexibility index (Phi) is 3.77. The average Bonchev–Trinajstić information content (AvgIpc) is 2.65. The van der Waals surface area contributed by atoms with E-state index in [0.29, 0.717) is 10.1 Å². The van der Waals surface area contributed by atoms with Gasteiger partial charge in [-0.3, -0.25) is 0 Å². The van der Waals surface area contributed by atoms with E-state index in [4.69, 9.17) is 5.73 Å². The number of amides is 1. The molecule has 2 aromatic rings. The number of primary amides is 1. The van der Waals surface area contributed by atoms with Gasteiger partial charge in [0, 0.05) is 0 Å². The average molecular weight is 357 g/mol. The molecule has 7 heteroatoms. The van der Waals surface area contributed by atoms with Gasteiger partial charge in [0.05, 0.1) is 0 Å². The molecule has 0 spiro atoms. The zero-order chi connectivity index (χ0) is 12.4. The summed E-state index contributed by atoms with van der Waals surface area (Å²) in [6.45, 7) is 0. The van der Waals surface area contributed by atoms with Gasteiger partial charge in [-0.15, -0.1) is 0 Å². The Morgan fingerprint density at radius 1 is 1.53 bits per heavy atom. The Labute approximate surface area is 109 Å². The van der Waals surface area contributed by atoms with Crippen LogP contribution in [0.2, 0.25) is 11.4 Å². The Morgan fingerprint density at radius 2 is 2.29 bits per heavy atom. The van der Waals surface area contributed by atoms with Crippen LogP contribution in [0, 0.1) is 0 Å². The molecule has 0 bridgehead atoms. The van der Waals surface area contributed by atoms with Gasteiger partial charge >= 0.3 is 110 Å². The number of carbonyl (C=O) groups excluding carboxylic acids is 1. The third-order valence-electron chi connectivity index (χ3n) is 1.99. The summed E-state index contributed by atoms with van der Waals surface area (Å²) in [5, 5.41) is 5.11. The van der Waals surface area contributed by atoms with Gasteiger partial charge in [-0.25, -0.2) is 0 Å². The number of rotatable bonds is 3. The Hall–Kier alpha value is -0.962. The van der Waals surface area contributed by atoms with Gasteiger partial charge in [0.15, 0.2) is 0 Å². The van der Waals surface area contributed by atoms with Crippen molar-refractivity contribution < 1.29 is 4.79 Å². The summed E-state index contributed by atoms with van der Waals surface area (Å²) in [6, 6.07) is 3.75. The molecule has 0 aliphatic carbocycles. The van der Waals surface area contributed by atoms with Crippen LogP contribution in [0.1, 0.15) is 9.23 Å². The first-order valence-corrected chi connectivity index (χ1v) is 11.2. The van der Waals surface area contributed by atoms with Crippen molar-refractivity contribution in [2.75, 3.05) is 0 Å². The van der Waals surface area contributed by atoms with Crippen molar-refractivity contribution in [3.05, 3.63) is 22.8 Å². The van der Waals surface area contributed by atoms with Gasteiger partial charge in [0.25, 0.3) is 0 Å². The topological polar surface area (TPSA) is 80.7 Å². The van der Waals surface area contributed by atoms with Crippen molar-refractivity contribution in [1.29, 1.82) is 0 Å². The molecule has 0 saturated carbocycles. The molecule has 0 aliphatic heterocycles. The predicted molar refractivity (Wildman–Crippen MR) is 69.2 cm³/mol. The van der Waals surface area contributed by atoms with Gasteiger partial charge < -0.3 is 0 Å². The van der Waals surface area contributed by atoms with Crippen molar-refractivity contribution in [2.24, 2.45) is 14.9 Å². The zero-order valence-electron chi connectivity index (χ0n) is 9.41. The summed E-state index contributed by atoms with van der Waals surface area (Å²) in [5.74, 6) is -0.414. The zero-order valence-corrected chi connectivity index (χ0v) is 13.0. The van der Waals surface area contributed by atoms with Crippen LogP contribution in [0.4, 0.5) is 5.69 Å². The van der Waals surface area contributed by atoms with Crippen LogP contribution in [0.3, 0.4) is 0 Å². The van der Waals surface area contributed by atoms with E-state index < -0.39 is 20.8 Å². The molecular weight excluding hydrogens is 346 g/mol. The van der Waals surface area contributed by atoms with E-state index in [0.717, 1.165) is 9.78 Å². The van der Waals surface area contributed by atoms with Crippen molar-refractivity contribution in [1.82, 2.24) is 4.98 Å². The second kappa shape index (κ2) is 5.13. The summed E-state index contributed by atoms with van der Waals surface area (Å²) in [6.07, 6.45) is 1.72. The molecule has 0 radical (unpaired) electrons. The minimum atomic E-state index is -1.20. The molecule has 0 unspecified atom stereocenters. The van der Waals surface area contributed by atoms with E-state index in [1.807, 2.05) is 12.1 Å². The fourth-order valence-corrected chi connectivity index (χ4v) is 3.83. The van der Waals surface area contributed by atoms with Crippen molar-refractivity contribution in [3.63, 3.8) is 0 Å². The van der Waals surface area contributed by atoms with Crippen LogP contribution >= 0.6 is 0 Å². The maximum absolute atomic E-state index is 11.4. The number of fused-ring (bicyclic) bond motifs is 1. The molecule has 0 saturated heterocycles. The molecule has 0 aliphatic rings. The molecule has 2 heterocycles. The van der Waals surface area contributed by atoms with Crippen LogP contribution in [-0.2, 0) is 0 Å². The number of hydrogen-bond donors (Lipinski definition) is 1. The summed E-state index contributed by atoms with van der Waals surface area (Å²) < 4.78 is 5.71. The van der Waals surface area contributed by atoms with Gasteiger partial charge in [0.1, 0.15) is 0 Å². The first kappa shape index (κ1) is 12.5. The standard InChI is InChI=1S/C10H11AsN4OSe/c1-11(2)15-14-7-6-4-3-5-13-10(6)17-8(7)9(12)16/h3-5H,1-2H3,(H2,12,16). The van der Waals surface area contributed by atoms with Gasteiger partial charge in [-0.2, -0.15) is 0 Å². The number of aromatic nitrogens is 1. The Balaban J connectivity index is 2.64. The molecule has 17 heavy (non-hydrogen) atoms. The normalized spacial score (nSPS) is 11.7. The second-order valence-corrected chi connectivity index (χ2v) is 9.56. The first-order chi connectivity index (χ1) is 8.09. The van der Waals surface area contributed by atoms with E-state index in [-0.39, 0.29) is 14.5 Å². The second-order valence-electron chi connectivity index (χ2n) is 3.54. The molecule has 0 atom stereocenters. The first-order valence-electron chi connectivity index (χ1n) is 4.86. The van der Waals surface area contributed by atoms with Gasteiger partial charge in [-0.1, -0.05) is 0 Å². The van der Waals surface area contributed by atoms with E-state index in [1.165, 1.54) is 0 Å². The molecule has 1 amide bonds. The fourth-order valence-electron chi connectivity index (χ4n) is 1.32. The molecule has 0 aromatic carbocycles. The summed E-state index contributed by atoms with van der Waals surface area (Å²) >= 11 is -1.35. The molecule has 88 valence electrons. The van der Waals surface area contributed by atoms with Crippen LogP contribution in [-0.4, -0.2) is 40.3 Å². The van der Waals surface area contributed by atoms with Gasteiger partial charge in [0.2, 0.25) is 0 Å². The fraction of sp³-hybridized carbons (Fsp3) is 0.200. The quantitative estimate of drug-likeness (QED) is 0.671. The van der Waals surface area contributed by atoms with Crippen LogP contribution in [0.15, 0.2) is 27.5 Å². The Bertz CT molecular complexity index is 593. The third-order valence-corrected chi connectivity index (χ3v) is 5.27. The Morgan fingerprint density at radius 3 is 2.94 bits per heavy atom. The monoisotopic (exact) mass is 358 g/mol. The molecule has 5 nitrogen and oxygen atoms in total. The summed E-state index contributed by atoms with van der Waals surface area (Å²) in [4.78, 5) is 15.6. The molecule has 0 fully saturated rings. The predicted octanol–water partition coefficient (Wildman–Crippen LogP) is 1.73. The minimum absolute atomic E-state index is 0.143. The van der Waals surface area contributed by atoms with Crippen LogP contribution < -0.4 is 5.73 Å². The number of pyridine rings is 1. The molecule has 2 rings (SSSR count). The number of hydrogen-bond acceptors (Lipinski definition) is 4. The van der Waals surface area contributed by atoms with Crippen molar-refractivity contribution in [3.8, 4) is 0 Å². The van der Waals surface area contributed by atoms with Crippen molar-refractivity contribution >= 4 is 50.8 Å². The van der Waals surface area contributed by atoms with Crippen LogP contribution in [0.5, 0.6) is 0 Å². The summed E-state index contributed by atoms with van der Waals surface area (Å²) in [7, 11) is 0. The molecule has 2 aromatic heterocycles. The SMILES string of the molecule is C[As](C)N=Nc1c(C(N)=O)[se]c2ncccc12. The van der Waals surface area contributed by atoms with Gasteiger partial charge in [-0.05, 0) is 0 Å². The van der Waals surface area contributed by atoms with E-state index in [1.54, 1.807) is 6.20 Å². The molecule has 2 N–H and O–H groups in total. The number of carbonyl (C=O) groups is 1.